The van der Waals surface area contributed by atoms with Crippen LogP contribution >= 0.6 is 0 Å². The third kappa shape index (κ3) is 1.38. The monoisotopic (exact) mass is 274 g/mol. The van der Waals surface area contributed by atoms with Crippen molar-refractivity contribution in [2.75, 3.05) is 19.6 Å². The fourth-order valence-electron chi connectivity index (χ4n) is 6.65. The van der Waals surface area contributed by atoms with Crippen LogP contribution in [0.5, 0.6) is 0 Å². The minimum absolute atomic E-state index is 0.446. The molecule has 2 heterocycles. The maximum absolute atomic E-state index is 13.0. The van der Waals surface area contributed by atoms with E-state index >= 15 is 0 Å². The number of rotatable bonds is 2. The summed E-state index contributed by atoms with van der Waals surface area (Å²) in [6, 6.07) is 0.529. The van der Waals surface area contributed by atoms with Crippen molar-refractivity contribution < 1.29 is 4.79 Å². The molecule has 5 fully saturated rings. The maximum Gasteiger partial charge on any atom is 0.226 e. The molecule has 2 saturated heterocycles. The first-order valence-corrected chi connectivity index (χ1v) is 8.80. The summed E-state index contributed by atoms with van der Waals surface area (Å²) in [4.78, 5) is 15.4. The van der Waals surface area contributed by atoms with Gasteiger partial charge in [-0.05, 0) is 61.2 Å². The molecule has 3 aliphatic carbocycles. The molecule has 0 spiro atoms. The Hall–Kier alpha value is -0.570. The zero-order chi connectivity index (χ0) is 13.4. The van der Waals surface area contributed by atoms with E-state index in [1.54, 1.807) is 0 Å². The van der Waals surface area contributed by atoms with Crippen molar-refractivity contribution in [3.8, 4) is 0 Å². The van der Waals surface area contributed by atoms with E-state index in [9.17, 15) is 4.79 Å². The van der Waals surface area contributed by atoms with Crippen LogP contribution in [0.15, 0.2) is 0 Å². The molecule has 7 atom stereocenters. The zero-order valence-electron chi connectivity index (χ0n) is 12.4. The van der Waals surface area contributed by atoms with Crippen molar-refractivity contribution in [2.45, 2.75) is 38.6 Å². The highest BCUT2D eigenvalue weighted by atomic mass is 16.2. The van der Waals surface area contributed by atoms with Crippen LogP contribution in [0.25, 0.3) is 0 Å². The van der Waals surface area contributed by atoms with Crippen molar-refractivity contribution >= 4 is 5.91 Å². The van der Waals surface area contributed by atoms with Crippen LogP contribution in [-0.4, -0.2) is 36.5 Å². The van der Waals surface area contributed by atoms with E-state index in [0.717, 1.165) is 61.6 Å². The molecule has 5 aliphatic rings. The normalized spacial score (nSPS) is 55.1. The Labute approximate surface area is 121 Å². The fourth-order valence-corrected chi connectivity index (χ4v) is 6.65. The first kappa shape index (κ1) is 12.0. The van der Waals surface area contributed by atoms with E-state index in [0.29, 0.717) is 17.9 Å². The molecular weight excluding hydrogens is 248 g/mol. The average molecular weight is 274 g/mol. The zero-order valence-corrected chi connectivity index (χ0v) is 12.4. The molecular formula is C17H26N2O. The fraction of sp³-hybridized carbons (Fsp3) is 0.941. The van der Waals surface area contributed by atoms with Crippen molar-refractivity contribution in [3.05, 3.63) is 0 Å². The summed E-state index contributed by atoms with van der Waals surface area (Å²) < 4.78 is 0. The van der Waals surface area contributed by atoms with Gasteiger partial charge in [0.2, 0.25) is 5.91 Å². The molecule has 0 aromatic heterocycles. The van der Waals surface area contributed by atoms with Gasteiger partial charge in [-0.2, -0.15) is 0 Å². The van der Waals surface area contributed by atoms with Crippen LogP contribution in [0.1, 0.15) is 32.6 Å². The number of fused-ring (bicyclic) bond motifs is 6. The smallest absolute Gasteiger partial charge is 0.226 e. The molecule has 2 bridgehead atoms. The van der Waals surface area contributed by atoms with Crippen LogP contribution in [0.4, 0.5) is 0 Å². The van der Waals surface area contributed by atoms with Gasteiger partial charge < -0.3 is 10.2 Å². The molecule has 3 nitrogen and oxygen atoms in total. The van der Waals surface area contributed by atoms with Gasteiger partial charge in [-0.1, -0.05) is 6.92 Å². The van der Waals surface area contributed by atoms with E-state index in [1.165, 1.54) is 19.3 Å². The van der Waals surface area contributed by atoms with E-state index in [4.69, 9.17) is 0 Å². The standard InChI is InChI=1S/C17H26N2O/c1-2-13-12-7-18-6-11(12)8-19(13)17(20)16-14-9-3-4-10(5-9)15(14)16/h9-16,18H,2-8H2,1H3. The maximum atomic E-state index is 13.0. The van der Waals surface area contributed by atoms with Crippen LogP contribution in [0.2, 0.25) is 0 Å². The second-order valence-corrected chi connectivity index (χ2v) is 8.06. The Kier molecular flexibility index (Phi) is 2.40. The lowest BCUT2D eigenvalue weighted by Gasteiger charge is -2.28. The summed E-state index contributed by atoms with van der Waals surface area (Å²) in [5.74, 6) is 5.92. The number of amides is 1. The Balaban J connectivity index is 1.35. The van der Waals surface area contributed by atoms with Crippen molar-refractivity contribution in [1.29, 1.82) is 0 Å². The molecule has 0 aromatic carbocycles. The van der Waals surface area contributed by atoms with Gasteiger partial charge in [-0.15, -0.1) is 0 Å². The van der Waals surface area contributed by atoms with Crippen molar-refractivity contribution in [3.63, 3.8) is 0 Å². The number of hydrogen-bond acceptors (Lipinski definition) is 2. The Morgan fingerprint density at radius 2 is 1.90 bits per heavy atom. The minimum atomic E-state index is 0.446. The van der Waals surface area contributed by atoms with Gasteiger partial charge in [0, 0.05) is 31.6 Å². The van der Waals surface area contributed by atoms with Gasteiger partial charge in [-0.3, -0.25) is 4.79 Å². The van der Waals surface area contributed by atoms with Crippen molar-refractivity contribution in [2.24, 2.45) is 41.4 Å². The molecule has 1 N–H and O–H groups in total. The highest BCUT2D eigenvalue weighted by Gasteiger charge is 2.68. The Bertz CT molecular complexity index is 434. The van der Waals surface area contributed by atoms with Gasteiger partial charge in [0.05, 0.1) is 0 Å². The molecule has 1 amide bonds. The quantitative estimate of drug-likeness (QED) is 0.832. The molecule has 3 heteroatoms. The predicted molar refractivity (Wildman–Crippen MR) is 76.9 cm³/mol. The third-order valence-corrected chi connectivity index (χ3v) is 7.44. The van der Waals surface area contributed by atoms with Gasteiger partial charge in [0.1, 0.15) is 0 Å². The summed E-state index contributed by atoms with van der Waals surface area (Å²) in [6.45, 7) is 5.58. The average Bonchev–Trinajstić information content (AvgIpc) is 2.90. The van der Waals surface area contributed by atoms with E-state index in [1.807, 2.05) is 0 Å². The molecule has 2 aliphatic heterocycles. The molecule has 110 valence electrons. The first-order chi connectivity index (χ1) is 9.79. The van der Waals surface area contributed by atoms with Crippen LogP contribution in [0, 0.1) is 41.4 Å². The summed E-state index contributed by atoms with van der Waals surface area (Å²) in [7, 11) is 0. The van der Waals surface area contributed by atoms with Gasteiger partial charge in [-0.25, -0.2) is 0 Å². The van der Waals surface area contributed by atoms with Gasteiger partial charge in [0.25, 0.3) is 0 Å². The number of carbonyl (C=O) groups excluding carboxylic acids is 1. The minimum Gasteiger partial charge on any atom is -0.339 e. The number of likely N-dealkylation sites (tertiary alicyclic amines) is 1. The lowest BCUT2D eigenvalue weighted by Crippen LogP contribution is -2.41. The van der Waals surface area contributed by atoms with Gasteiger partial charge >= 0.3 is 0 Å². The Morgan fingerprint density at radius 1 is 1.15 bits per heavy atom. The van der Waals surface area contributed by atoms with Crippen LogP contribution in [0.3, 0.4) is 0 Å². The largest absolute Gasteiger partial charge is 0.339 e. The summed E-state index contributed by atoms with van der Waals surface area (Å²) in [5.41, 5.74) is 0. The van der Waals surface area contributed by atoms with Crippen LogP contribution < -0.4 is 5.32 Å². The van der Waals surface area contributed by atoms with E-state index < -0.39 is 0 Å². The SMILES string of the molecule is CCC1C2CNCC2CN1C(=O)C1C2C3CCC(C3)C12. The summed E-state index contributed by atoms with van der Waals surface area (Å²) in [5, 5.41) is 3.52. The molecule has 0 radical (unpaired) electrons. The summed E-state index contributed by atoms with van der Waals surface area (Å²) in [6.07, 6.45) is 5.43. The summed E-state index contributed by atoms with van der Waals surface area (Å²) >= 11 is 0. The second kappa shape index (κ2) is 4.00. The van der Waals surface area contributed by atoms with Crippen molar-refractivity contribution in [1.82, 2.24) is 10.2 Å². The third-order valence-electron chi connectivity index (χ3n) is 7.44. The molecule has 3 saturated carbocycles. The molecule has 0 aromatic rings. The number of carbonyl (C=O) groups is 1. The lowest BCUT2D eigenvalue weighted by atomic mass is 9.92. The topological polar surface area (TPSA) is 32.3 Å². The second-order valence-electron chi connectivity index (χ2n) is 8.06. The highest BCUT2D eigenvalue weighted by Crippen LogP contribution is 2.69. The van der Waals surface area contributed by atoms with Crippen LogP contribution in [-0.2, 0) is 4.79 Å². The Morgan fingerprint density at radius 3 is 2.60 bits per heavy atom. The number of hydrogen-bond donors (Lipinski definition) is 1. The first-order valence-electron chi connectivity index (χ1n) is 8.80. The molecule has 20 heavy (non-hydrogen) atoms. The molecule has 7 unspecified atom stereocenters. The lowest BCUT2D eigenvalue weighted by molar-refractivity contribution is -0.135. The van der Waals surface area contributed by atoms with Gasteiger partial charge in [0.15, 0.2) is 0 Å². The van der Waals surface area contributed by atoms with E-state index in [2.05, 4.69) is 17.1 Å². The number of nitrogens with zero attached hydrogens (tertiary/aromatic N) is 1. The molecule has 5 rings (SSSR count). The number of nitrogens with one attached hydrogen (secondary N) is 1. The van der Waals surface area contributed by atoms with E-state index in [-0.39, 0.29) is 0 Å². The predicted octanol–water partition coefficient (Wildman–Crippen LogP) is 1.73. The highest BCUT2D eigenvalue weighted by molar-refractivity contribution is 5.83.